The summed E-state index contributed by atoms with van der Waals surface area (Å²) in [6.45, 7) is -0.986. The maximum absolute atomic E-state index is 13.6. The normalized spacial score (nSPS) is 11.8. The molecule has 0 radical (unpaired) electrons. The van der Waals surface area contributed by atoms with Gasteiger partial charge >= 0.3 is 11.7 Å². The Kier molecular flexibility index (Phi) is 4.64. The number of hydrogen-bond donors (Lipinski definition) is 3. The van der Waals surface area contributed by atoms with E-state index in [0.717, 1.165) is 0 Å². The van der Waals surface area contributed by atoms with E-state index in [4.69, 9.17) is 10.2 Å². The van der Waals surface area contributed by atoms with Crippen LogP contribution in [0.15, 0.2) is 12.1 Å². The number of aliphatic hydroxyl groups excluding tert-OH is 1. The molecular weight excluding hydrogens is 282 g/mol. The second-order valence-corrected chi connectivity index (χ2v) is 3.59. The van der Waals surface area contributed by atoms with Crippen LogP contribution in [0.2, 0.25) is 0 Å². The summed E-state index contributed by atoms with van der Waals surface area (Å²) in [5.41, 5.74) is -2.29. The van der Waals surface area contributed by atoms with E-state index in [-0.39, 0.29) is 6.07 Å². The van der Waals surface area contributed by atoms with Gasteiger partial charge in [0, 0.05) is 0 Å². The van der Waals surface area contributed by atoms with Crippen molar-refractivity contribution < 1.29 is 33.5 Å². The zero-order chi connectivity index (χ0) is 15.4. The Morgan fingerprint density at radius 1 is 1.40 bits per heavy atom. The standard InChI is InChI=1S/C10H8F2N2O6/c11-4-1-5(8(12)7(2-4)14(19)20)9(16)13-6(3-15)10(17)18/h1-2,6,15H,3H2,(H,13,16)(H,17,18). The molecule has 20 heavy (non-hydrogen) atoms. The molecule has 1 amide bonds. The molecule has 3 N–H and O–H groups in total. The van der Waals surface area contributed by atoms with Crippen LogP contribution in [0.3, 0.4) is 0 Å². The molecular formula is C10H8F2N2O6. The summed E-state index contributed by atoms with van der Waals surface area (Å²) in [6, 6.07) is -1.08. The number of aliphatic hydroxyl groups is 1. The van der Waals surface area contributed by atoms with Gasteiger partial charge in [-0.25, -0.2) is 9.18 Å². The summed E-state index contributed by atoms with van der Waals surface area (Å²) >= 11 is 0. The fourth-order valence-corrected chi connectivity index (χ4v) is 1.29. The molecule has 1 aromatic carbocycles. The summed E-state index contributed by atoms with van der Waals surface area (Å²) in [5, 5.41) is 29.4. The van der Waals surface area contributed by atoms with E-state index in [1.807, 2.05) is 0 Å². The molecule has 0 bridgehead atoms. The number of nitro groups is 1. The molecule has 1 aromatic rings. The van der Waals surface area contributed by atoms with Crippen LogP contribution in [0.25, 0.3) is 0 Å². The van der Waals surface area contributed by atoms with Crippen LogP contribution in [-0.4, -0.2) is 39.7 Å². The summed E-state index contributed by atoms with van der Waals surface area (Å²) in [6.07, 6.45) is 0. The number of rotatable bonds is 5. The molecule has 0 fully saturated rings. The number of halogens is 2. The zero-order valence-electron chi connectivity index (χ0n) is 9.67. The Labute approximate surface area is 109 Å². The van der Waals surface area contributed by atoms with Crippen molar-refractivity contribution in [2.45, 2.75) is 6.04 Å². The smallest absolute Gasteiger partial charge is 0.328 e. The fourth-order valence-electron chi connectivity index (χ4n) is 1.29. The van der Waals surface area contributed by atoms with E-state index < -0.39 is 52.3 Å². The Bertz CT molecular complexity index is 577. The summed E-state index contributed by atoms with van der Waals surface area (Å²) in [4.78, 5) is 31.4. The lowest BCUT2D eigenvalue weighted by Crippen LogP contribution is -2.43. The summed E-state index contributed by atoms with van der Waals surface area (Å²) in [5.74, 6) is -5.84. The number of carboxylic acid groups (broad SMARTS) is 1. The number of carbonyl (C=O) groups is 2. The molecule has 0 aromatic heterocycles. The average Bonchev–Trinajstić information content (AvgIpc) is 2.37. The first-order chi connectivity index (χ1) is 9.27. The third-order valence-corrected chi connectivity index (χ3v) is 2.25. The highest BCUT2D eigenvalue weighted by Crippen LogP contribution is 2.22. The predicted octanol–water partition coefficient (Wildman–Crippen LogP) is 0.0483. The quantitative estimate of drug-likeness (QED) is 0.519. The van der Waals surface area contributed by atoms with Crippen molar-refractivity contribution in [3.63, 3.8) is 0 Å². The SMILES string of the molecule is O=C(NC(CO)C(=O)O)c1cc(F)cc([N+](=O)[O-])c1F. The number of nitrogens with one attached hydrogen (secondary N) is 1. The van der Waals surface area contributed by atoms with Crippen molar-refractivity contribution in [3.05, 3.63) is 39.4 Å². The molecule has 0 spiro atoms. The van der Waals surface area contributed by atoms with Crippen LogP contribution in [0, 0.1) is 21.7 Å². The van der Waals surface area contributed by atoms with Gasteiger partial charge in [-0.1, -0.05) is 0 Å². The van der Waals surface area contributed by atoms with Crippen molar-refractivity contribution in [1.82, 2.24) is 5.32 Å². The van der Waals surface area contributed by atoms with Gasteiger partial charge in [-0.05, 0) is 6.07 Å². The number of amides is 1. The number of nitrogens with zero attached hydrogens (tertiary/aromatic N) is 1. The van der Waals surface area contributed by atoms with Crippen LogP contribution in [0.1, 0.15) is 10.4 Å². The van der Waals surface area contributed by atoms with Gasteiger partial charge in [0.15, 0.2) is 6.04 Å². The molecule has 0 aliphatic heterocycles. The number of hydrogen-bond acceptors (Lipinski definition) is 5. The number of benzene rings is 1. The Hall–Kier alpha value is -2.62. The minimum Gasteiger partial charge on any atom is -0.480 e. The molecule has 0 aliphatic carbocycles. The van der Waals surface area contributed by atoms with Gasteiger partial charge in [-0.15, -0.1) is 0 Å². The molecule has 1 atom stereocenters. The number of carboxylic acids is 1. The molecule has 8 nitrogen and oxygen atoms in total. The molecule has 0 aliphatic rings. The highest BCUT2D eigenvalue weighted by atomic mass is 19.1. The van der Waals surface area contributed by atoms with Crippen LogP contribution in [-0.2, 0) is 4.79 Å². The lowest BCUT2D eigenvalue weighted by atomic mass is 10.1. The molecule has 108 valence electrons. The maximum Gasteiger partial charge on any atom is 0.328 e. The monoisotopic (exact) mass is 290 g/mol. The lowest BCUT2D eigenvalue weighted by Gasteiger charge is -2.12. The molecule has 1 unspecified atom stereocenters. The van der Waals surface area contributed by atoms with E-state index in [9.17, 15) is 28.5 Å². The van der Waals surface area contributed by atoms with Gasteiger partial charge in [-0.3, -0.25) is 14.9 Å². The summed E-state index contributed by atoms with van der Waals surface area (Å²) < 4.78 is 26.7. The van der Waals surface area contributed by atoms with Crippen LogP contribution >= 0.6 is 0 Å². The molecule has 1 rings (SSSR count). The first-order valence-corrected chi connectivity index (χ1v) is 5.06. The Balaban J connectivity index is 3.16. The van der Waals surface area contributed by atoms with Gasteiger partial charge in [-0.2, -0.15) is 4.39 Å². The van der Waals surface area contributed by atoms with Crippen LogP contribution in [0.4, 0.5) is 14.5 Å². The van der Waals surface area contributed by atoms with Gasteiger partial charge in [0.1, 0.15) is 5.82 Å². The van der Waals surface area contributed by atoms with Crippen molar-refractivity contribution in [2.24, 2.45) is 0 Å². The number of nitro benzene ring substituents is 1. The number of carbonyl (C=O) groups excluding carboxylic acids is 1. The second kappa shape index (κ2) is 6.02. The minimum atomic E-state index is -1.75. The van der Waals surface area contributed by atoms with Gasteiger partial charge in [0.25, 0.3) is 5.91 Å². The van der Waals surface area contributed by atoms with E-state index in [0.29, 0.717) is 6.07 Å². The van der Waals surface area contributed by atoms with Crippen LogP contribution < -0.4 is 5.32 Å². The lowest BCUT2D eigenvalue weighted by molar-refractivity contribution is -0.387. The van der Waals surface area contributed by atoms with Crippen molar-refractivity contribution >= 4 is 17.6 Å². The minimum absolute atomic E-state index is 0.285. The largest absolute Gasteiger partial charge is 0.480 e. The van der Waals surface area contributed by atoms with Gasteiger partial charge in [0.05, 0.1) is 23.2 Å². The first-order valence-electron chi connectivity index (χ1n) is 5.06. The van der Waals surface area contributed by atoms with Crippen molar-refractivity contribution in [1.29, 1.82) is 0 Å². The Morgan fingerprint density at radius 2 is 2.00 bits per heavy atom. The Morgan fingerprint density at radius 3 is 2.45 bits per heavy atom. The van der Waals surface area contributed by atoms with E-state index in [1.165, 1.54) is 0 Å². The van der Waals surface area contributed by atoms with Gasteiger partial charge < -0.3 is 15.5 Å². The van der Waals surface area contributed by atoms with Crippen molar-refractivity contribution in [2.75, 3.05) is 6.61 Å². The third-order valence-electron chi connectivity index (χ3n) is 2.25. The maximum atomic E-state index is 13.6. The third kappa shape index (κ3) is 3.23. The molecule has 10 heteroatoms. The van der Waals surface area contributed by atoms with Crippen LogP contribution in [0.5, 0.6) is 0 Å². The highest BCUT2D eigenvalue weighted by molar-refractivity contribution is 5.97. The average molecular weight is 290 g/mol. The van der Waals surface area contributed by atoms with Gasteiger partial charge in [0.2, 0.25) is 5.82 Å². The predicted molar refractivity (Wildman–Crippen MR) is 59.0 cm³/mol. The zero-order valence-corrected chi connectivity index (χ0v) is 9.67. The molecule has 0 saturated heterocycles. The molecule has 0 saturated carbocycles. The summed E-state index contributed by atoms with van der Waals surface area (Å²) in [7, 11) is 0. The highest BCUT2D eigenvalue weighted by Gasteiger charge is 2.27. The molecule has 0 heterocycles. The first kappa shape index (κ1) is 15.4. The second-order valence-electron chi connectivity index (χ2n) is 3.59. The topological polar surface area (TPSA) is 130 Å². The van der Waals surface area contributed by atoms with E-state index >= 15 is 0 Å². The number of aliphatic carboxylic acids is 1. The van der Waals surface area contributed by atoms with E-state index in [1.54, 1.807) is 5.32 Å². The van der Waals surface area contributed by atoms with Crippen molar-refractivity contribution in [3.8, 4) is 0 Å². The fraction of sp³-hybridized carbons (Fsp3) is 0.200. The van der Waals surface area contributed by atoms with E-state index in [2.05, 4.69) is 0 Å².